The topological polar surface area (TPSA) is 175 Å². The summed E-state index contributed by atoms with van der Waals surface area (Å²) in [6, 6.07) is -1.29. The Balaban J connectivity index is 3.34. The third kappa shape index (κ3) is 19.6. The van der Waals surface area contributed by atoms with Crippen LogP contribution >= 0.6 is 23.5 Å². The van der Waals surface area contributed by atoms with Gasteiger partial charge in [0.05, 0.1) is 0 Å². The zero-order chi connectivity index (χ0) is 38.2. The number of hydrogen-bond donors (Lipinski definition) is 1. The minimum absolute atomic E-state index is 0.0430. The van der Waals surface area contributed by atoms with E-state index in [0.717, 1.165) is 0 Å². The average molecular weight is 751 g/mol. The standard InChI is InChI=1S/C36H54N4O9S2/c1-5-27(41)9-17-38(18-10-28(42)6-2)34(47)13-21-40(22-14-35(48)39(19-11-29(43)7-3)20-12-30(44)8-4)36(49)32-25-31(45)15-23-50-26-51-24-16-33(46)37-32/h15-16,23-24,32H,5-14,17-22,25-26H2,1-4H3,(H,37,46). The van der Waals surface area contributed by atoms with Crippen LogP contribution in [0.15, 0.2) is 23.0 Å². The minimum atomic E-state index is -1.29. The van der Waals surface area contributed by atoms with Gasteiger partial charge in [-0.2, -0.15) is 0 Å². The van der Waals surface area contributed by atoms with E-state index >= 15 is 0 Å². The number of hydrogen-bond acceptors (Lipinski definition) is 11. The largest absolute Gasteiger partial charge is 0.342 e. The van der Waals surface area contributed by atoms with Crippen molar-refractivity contribution in [2.24, 2.45) is 0 Å². The Bertz CT molecular complexity index is 1170. The van der Waals surface area contributed by atoms with Gasteiger partial charge < -0.3 is 20.0 Å². The van der Waals surface area contributed by atoms with Gasteiger partial charge >= 0.3 is 0 Å². The van der Waals surface area contributed by atoms with Gasteiger partial charge in [0.2, 0.25) is 23.6 Å². The lowest BCUT2D eigenvalue weighted by atomic mass is 10.1. The molecule has 4 amide bonds. The van der Waals surface area contributed by atoms with Crippen LogP contribution in [-0.2, 0) is 43.2 Å². The van der Waals surface area contributed by atoms with Crippen molar-refractivity contribution in [3.05, 3.63) is 23.0 Å². The molecule has 1 N–H and O–H groups in total. The summed E-state index contributed by atoms with van der Waals surface area (Å²) in [5, 5.41) is 6.37. The fourth-order valence-corrected chi connectivity index (χ4v) is 6.25. The van der Waals surface area contributed by atoms with Gasteiger partial charge in [0.1, 0.15) is 29.2 Å². The van der Waals surface area contributed by atoms with Gasteiger partial charge in [0.25, 0.3) is 0 Å². The molecule has 0 spiro atoms. The maximum Gasteiger partial charge on any atom is 0.245 e. The molecule has 1 atom stereocenters. The molecule has 1 aliphatic heterocycles. The smallest absolute Gasteiger partial charge is 0.245 e. The predicted octanol–water partition coefficient (Wildman–Crippen LogP) is 3.64. The summed E-state index contributed by atoms with van der Waals surface area (Å²) in [4.78, 5) is 119. The zero-order valence-electron chi connectivity index (χ0n) is 30.4. The van der Waals surface area contributed by atoms with Crippen LogP contribution in [0.4, 0.5) is 0 Å². The molecular formula is C36H54N4O9S2. The van der Waals surface area contributed by atoms with Crippen molar-refractivity contribution in [3.8, 4) is 0 Å². The van der Waals surface area contributed by atoms with Crippen LogP contribution in [0, 0.1) is 0 Å². The predicted molar refractivity (Wildman–Crippen MR) is 199 cm³/mol. The fraction of sp³-hybridized carbons (Fsp3) is 0.639. The summed E-state index contributed by atoms with van der Waals surface area (Å²) in [5.74, 6) is -2.63. The molecule has 284 valence electrons. The first-order valence-corrected chi connectivity index (χ1v) is 19.7. The summed E-state index contributed by atoms with van der Waals surface area (Å²) in [5.41, 5.74) is 0. The maximum absolute atomic E-state index is 14.1. The number of carbonyl (C=O) groups is 9. The van der Waals surface area contributed by atoms with Gasteiger partial charge in [-0.1, -0.05) is 27.7 Å². The third-order valence-corrected chi connectivity index (χ3v) is 10.00. The average Bonchev–Trinajstić information content (AvgIpc) is 3.12. The van der Waals surface area contributed by atoms with Crippen molar-refractivity contribution in [2.45, 2.75) is 104 Å². The Morgan fingerprint density at radius 2 is 0.961 bits per heavy atom. The van der Waals surface area contributed by atoms with Gasteiger partial charge in [-0.05, 0) is 16.9 Å². The van der Waals surface area contributed by atoms with E-state index in [9.17, 15) is 43.2 Å². The summed E-state index contributed by atoms with van der Waals surface area (Å²) in [6.07, 6.45) is 3.50. The monoisotopic (exact) mass is 750 g/mol. The number of allylic oxidation sites excluding steroid dienone is 1. The lowest BCUT2D eigenvalue weighted by Gasteiger charge is -2.30. The molecule has 0 fully saturated rings. The highest BCUT2D eigenvalue weighted by Crippen LogP contribution is 2.16. The van der Waals surface area contributed by atoms with Gasteiger partial charge in [-0.3, -0.25) is 43.2 Å². The first-order valence-electron chi connectivity index (χ1n) is 17.7. The van der Waals surface area contributed by atoms with E-state index in [2.05, 4.69) is 5.32 Å². The van der Waals surface area contributed by atoms with Crippen LogP contribution in [0.3, 0.4) is 0 Å². The third-order valence-electron chi connectivity index (χ3n) is 8.25. The number of nitrogens with zero attached hydrogens (tertiary/aromatic N) is 3. The molecule has 0 aromatic heterocycles. The van der Waals surface area contributed by atoms with E-state index in [1.165, 1.54) is 50.4 Å². The van der Waals surface area contributed by atoms with Crippen LogP contribution in [-0.4, -0.2) is 118 Å². The highest BCUT2D eigenvalue weighted by atomic mass is 32.2. The molecule has 0 saturated heterocycles. The van der Waals surface area contributed by atoms with Crippen molar-refractivity contribution in [1.29, 1.82) is 0 Å². The van der Waals surface area contributed by atoms with E-state index in [1.807, 2.05) is 0 Å². The van der Waals surface area contributed by atoms with E-state index in [0.29, 0.717) is 30.8 Å². The van der Waals surface area contributed by atoms with E-state index in [1.54, 1.807) is 38.5 Å². The quantitative estimate of drug-likeness (QED) is 0.161. The lowest BCUT2D eigenvalue weighted by Crippen LogP contribution is -2.51. The van der Waals surface area contributed by atoms with Crippen molar-refractivity contribution >= 4 is 76.1 Å². The first kappa shape index (κ1) is 45.4. The van der Waals surface area contributed by atoms with Gasteiger partial charge in [-0.15, -0.1) is 23.5 Å². The van der Waals surface area contributed by atoms with Crippen molar-refractivity contribution in [2.75, 3.05) is 44.4 Å². The number of amides is 4. The van der Waals surface area contributed by atoms with Crippen molar-refractivity contribution < 1.29 is 43.2 Å². The second kappa shape index (κ2) is 26.2. The normalized spacial score (nSPS) is 14.9. The minimum Gasteiger partial charge on any atom is -0.342 e. The number of thioether (sulfide) groups is 2. The van der Waals surface area contributed by atoms with Crippen LogP contribution in [0.25, 0.3) is 0 Å². The van der Waals surface area contributed by atoms with E-state index in [4.69, 9.17) is 0 Å². The zero-order valence-corrected chi connectivity index (χ0v) is 32.1. The molecule has 1 aliphatic rings. The van der Waals surface area contributed by atoms with Gasteiger partial charge in [0, 0.05) is 121 Å². The molecule has 15 heteroatoms. The lowest BCUT2D eigenvalue weighted by molar-refractivity contribution is -0.139. The number of carbonyl (C=O) groups excluding carboxylic acids is 9. The highest BCUT2D eigenvalue weighted by Gasteiger charge is 2.29. The number of rotatable bonds is 23. The molecule has 1 heterocycles. The Kier molecular flexibility index (Phi) is 23.4. The highest BCUT2D eigenvalue weighted by molar-refractivity contribution is 8.18. The molecule has 13 nitrogen and oxygen atoms in total. The van der Waals surface area contributed by atoms with E-state index < -0.39 is 35.5 Å². The molecule has 1 unspecified atom stereocenters. The summed E-state index contributed by atoms with van der Waals surface area (Å²) < 4.78 is 0. The van der Waals surface area contributed by atoms with Crippen molar-refractivity contribution in [3.63, 3.8) is 0 Å². The Morgan fingerprint density at radius 1 is 0.588 bits per heavy atom. The van der Waals surface area contributed by atoms with Crippen LogP contribution in [0.1, 0.15) is 98.3 Å². The summed E-state index contributed by atoms with van der Waals surface area (Å²) >= 11 is 2.70. The molecule has 0 saturated carbocycles. The Morgan fingerprint density at radius 3 is 1.35 bits per heavy atom. The van der Waals surface area contributed by atoms with Gasteiger partial charge in [-0.25, -0.2) is 0 Å². The van der Waals surface area contributed by atoms with Gasteiger partial charge in [0.15, 0.2) is 5.78 Å². The molecule has 0 aromatic carbocycles. The Hall–Kier alpha value is -3.59. The first-order chi connectivity index (χ1) is 24.3. The molecule has 0 bridgehead atoms. The molecule has 0 aromatic rings. The summed E-state index contributed by atoms with van der Waals surface area (Å²) in [7, 11) is 0. The Labute approximate surface area is 310 Å². The van der Waals surface area contributed by atoms with Crippen LogP contribution in [0.2, 0.25) is 0 Å². The number of Topliss-reactive ketones (excluding diaryl/α,β-unsaturated/α-hetero) is 4. The molecule has 0 aliphatic carbocycles. The van der Waals surface area contributed by atoms with E-state index in [-0.39, 0.29) is 107 Å². The second-order valence-electron chi connectivity index (χ2n) is 11.9. The fourth-order valence-electron chi connectivity index (χ4n) is 4.84. The van der Waals surface area contributed by atoms with Crippen molar-refractivity contribution in [1.82, 2.24) is 20.0 Å². The second-order valence-corrected chi connectivity index (χ2v) is 14.1. The SMILES string of the molecule is CCC(=O)CCN(CCC(=O)CC)C(=O)CCN(CCC(=O)N(CCC(=O)CC)CCC(=O)CC)C(=O)C1CC(=O)C=CSCSC=CC(=O)N1. The maximum atomic E-state index is 14.1. The van der Waals surface area contributed by atoms with Crippen LogP contribution < -0.4 is 5.32 Å². The number of nitrogens with one attached hydrogen (secondary N) is 1. The van der Waals surface area contributed by atoms with Crippen LogP contribution in [0.5, 0.6) is 0 Å². The number of ketones is 5. The molecule has 0 radical (unpaired) electrons. The molecule has 1 rings (SSSR count). The summed E-state index contributed by atoms with van der Waals surface area (Å²) in [6.45, 7) is 6.98. The molecule has 51 heavy (non-hydrogen) atoms. The molecular weight excluding hydrogens is 697 g/mol.